The van der Waals surface area contributed by atoms with Gasteiger partial charge in [0.1, 0.15) is 18.4 Å². The number of carbonyl (C=O) groups excluding carboxylic acids is 2. The van der Waals surface area contributed by atoms with E-state index in [0.29, 0.717) is 11.3 Å². The van der Waals surface area contributed by atoms with Gasteiger partial charge in [-0.3, -0.25) is 13.9 Å². The fraction of sp³-hybridized carbons (Fsp3) is 0.417. The van der Waals surface area contributed by atoms with Crippen LogP contribution in [0.25, 0.3) is 0 Å². The van der Waals surface area contributed by atoms with E-state index in [9.17, 15) is 22.4 Å². The smallest absolute Gasteiger partial charge is 0.244 e. The van der Waals surface area contributed by atoms with Crippen molar-refractivity contribution in [3.63, 3.8) is 0 Å². The molecular formula is C24H29FIN3O4S. The van der Waals surface area contributed by atoms with Gasteiger partial charge in [-0.2, -0.15) is 0 Å². The first-order valence-corrected chi connectivity index (χ1v) is 14.0. The number of nitrogens with zero attached hydrogens (tertiary/aromatic N) is 2. The average molecular weight is 601 g/mol. The molecule has 0 heterocycles. The molecule has 184 valence electrons. The van der Waals surface area contributed by atoms with E-state index in [-0.39, 0.29) is 18.5 Å². The Hall–Kier alpha value is -2.21. The number of anilines is 1. The summed E-state index contributed by atoms with van der Waals surface area (Å²) in [6.07, 6.45) is 4.95. The van der Waals surface area contributed by atoms with Gasteiger partial charge in [-0.15, -0.1) is 0 Å². The minimum absolute atomic E-state index is 0.0443. The molecule has 10 heteroatoms. The van der Waals surface area contributed by atoms with Crippen molar-refractivity contribution in [2.75, 3.05) is 17.1 Å². The average Bonchev–Trinajstić information content (AvgIpc) is 3.29. The van der Waals surface area contributed by atoms with E-state index >= 15 is 0 Å². The Kier molecular flexibility index (Phi) is 8.91. The minimum atomic E-state index is -3.77. The van der Waals surface area contributed by atoms with Crippen LogP contribution in [-0.4, -0.2) is 50.0 Å². The van der Waals surface area contributed by atoms with E-state index < -0.39 is 34.3 Å². The number of hydrogen-bond acceptors (Lipinski definition) is 4. The number of carbonyl (C=O) groups is 2. The number of benzene rings is 2. The van der Waals surface area contributed by atoms with Crippen molar-refractivity contribution in [1.82, 2.24) is 10.2 Å². The van der Waals surface area contributed by atoms with Crippen LogP contribution in [0.4, 0.5) is 10.1 Å². The van der Waals surface area contributed by atoms with E-state index in [1.54, 1.807) is 43.3 Å². The molecule has 0 unspecified atom stereocenters. The first-order valence-electron chi connectivity index (χ1n) is 11.1. The second kappa shape index (κ2) is 11.5. The third-order valence-corrected chi connectivity index (χ3v) is 7.79. The maximum absolute atomic E-state index is 13.5. The number of hydrogen-bond donors (Lipinski definition) is 1. The van der Waals surface area contributed by atoms with Gasteiger partial charge in [0.25, 0.3) is 0 Å². The van der Waals surface area contributed by atoms with Crippen LogP contribution in [0.1, 0.15) is 38.2 Å². The minimum Gasteiger partial charge on any atom is -0.352 e. The number of nitrogens with one attached hydrogen (secondary N) is 1. The molecule has 0 aromatic heterocycles. The lowest BCUT2D eigenvalue weighted by Gasteiger charge is -2.32. The highest BCUT2D eigenvalue weighted by Crippen LogP contribution is 2.21. The molecule has 1 aliphatic rings. The number of halogens is 2. The van der Waals surface area contributed by atoms with Crippen molar-refractivity contribution < 1.29 is 22.4 Å². The summed E-state index contributed by atoms with van der Waals surface area (Å²) in [6, 6.07) is 11.7. The van der Waals surface area contributed by atoms with Gasteiger partial charge in [0, 0.05) is 16.2 Å². The Balaban J connectivity index is 1.86. The van der Waals surface area contributed by atoms with Gasteiger partial charge in [-0.25, -0.2) is 12.8 Å². The molecule has 0 saturated heterocycles. The summed E-state index contributed by atoms with van der Waals surface area (Å²) in [5, 5.41) is 3.00. The highest BCUT2D eigenvalue weighted by Gasteiger charge is 2.31. The lowest BCUT2D eigenvalue weighted by Crippen LogP contribution is -2.52. The molecule has 0 radical (unpaired) electrons. The van der Waals surface area contributed by atoms with Gasteiger partial charge in [0.05, 0.1) is 11.9 Å². The number of rotatable bonds is 9. The number of sulfonamides is 1. The van der Waals surface area contributed by atoms with E-state index in [4.69, 9.17) is 0 Å². The highest BCUT2D eigenvalue weighted by molar-refractivity contribution is 14.1. The second-order valence-corrected chi connectivity index (χ2v) is 11.7. The molecule has 2 aromatic carbocycles. The summed E-state index contributed by atoms with van der Waals surface area (Å²) < 4.78 is 40.4. The van der Waals surface area contributed by atoms with Crippen LogP contribution in [0.3, 0.4) is 0 Å². The molecule has 1 fully saturated rings. The van der Waals surface area contributed by atoms with Crippen LogP contribution in [0.15, 0.2) is 48.5 Å². The van der Waals surface area contributed by atoms with Gasteiger partial charge in [0.2, 0.25) is 21.8 Å². The van der Waals surface area contributed by atoms with Crippen molar-refractivity contribution in [2.45, 2.75) is 51.2 Å². The monoisotopic (exact) mass is 601 g/mol. The lowest BCUT2D eigenvalue weighted by molar-refractivity contribution is -0.139. The van der Waals surface area contributed by atoms with Crippen LogP contribution in [0.2, 0.25) is 0 Å². The molecule has 2 amide bonds. The van der Waals surface area contributed by atoms with Crippen molar-refractivity contribution in [3.8, 4) is 0 Å². The summed E-state index contributed by atoms with van der Waals surface area (Å²) in [4.78, 5) is 27.8. The molecule has 0 bridgehead atoms. The van der Waals surface area contributed by atoms with Crippen LogP contribution in [-0.2, 0) is 26.2 Å². The van der Waals surface area contributed by atoms with E-state index in [2.05, 4.69) is 27.9 Å². The van der Waals surface area contributed by atoms with Crippen molar-refractivity contribution in [1.29, 1.82) is 0 Å². The largest absolute Gasteiger partial charge is 0.352 e. The second-order valence-electron chi connectivity index (χ2n) is 8.56. The molecule has 2 aromatic rings. The lowest BCUT2D eigenvalue weighted by atomic mass is 10.1. The standard InChI is InChI=1S/C24H29FIN3O4S/c1-17(24(31)27-21-5-3-4-6-21)28(15-18-7-9-19(25)10-8-18)23(30)16-29(34(2,32)33)22-13-11-20(26)12-14-22/h7-14,17,21H,3-6,15-16H2,1-2H3,(H,27,31)/t17-/m0/s1. The van der Waals surface area contributed by atoms with Crippen molar-refractivity contribution in [3.05, 3.63) is 63.5 Å². The first kappa shape index (κ1) is 26.4. The highest BCUT2D eigenvalue weighted by atomic mass is 127. The number of amides is 2. The van der Waals surface area contributed by atoms with E-state index in [0.717, 1.165) is 39.8 Å². The zero-order chi connectivity index (χ0) is 24.9. The van der Waals surface area contributed by atoms with Gasteiger partial charge in [-0.05, 0) is 84.3 Å². The summed E-state index contributed by atoms with van der Waals surface area (Å²) in [7, 11) is -3.77. The zero-order valence-corrected chi connectivity index (χ0v) is 22.2. The van der Waals surface area contributed by atoms with Gasteiger partial charge in [0.15, 0.2) is 0 Å². The topological polar surface area (TPSA) is 86.8 Å². The first-order chi connectivity index (χ1) is 16.0. The quantitative estimate of drug-likeness (QED) is 0.445. The predicted molar refractivity (Wildman–Crippen MR) is 138 cm³/mol. The molecule has 34 heavy (non-hydrogen) atoms. The predicted octanol–water partition coefficient (Wildman–Crippen LogP) is 3.67. The van der Waals surface area contributed by atoms with Crippen LogP contribution < -0.4 is 9.62 Å². The molecule has 0 spiro atoms. The van der Waals surface area contributed by atoms with Crippen molar-refractivity contribution >= 4 is 50.1 Å². The molecular weight excluding hydrogens is 572 g/mol. The Labute approximate surface area is 213 Å². The molecule has 0 aliphatic heterocycles. The summed E-state index contributed by atoms with van der Waals surface area (Å²) in [6.45, 7) is 1.21. The summed E-state index contributed by atoms with van der Waals surface area (Å²) >= 11 is 2.11. The molecule has 1 atom stereocenters. The SMILES string of the molecule is C[C@@H](C(=O)NC1CCCC1)N(Cc1ccc(F)cc1)C(=O)CN(c1ccc(I)cc1)S(C)(=O)=O. The Morgan fingerprint density at radius 2 is 1.68 bits per heavy atom. The molecule has 1 aliphatic carbocycles. The Bertz CT molecular complexity index is 1100. The third-order valence-electron chi connectivity index (χ3n) is 5.93. The van der Waals surface area contributed by atoms with E-state index in [1.165, 1.54) is 17.0 Å². The van der Waals surface area contributed by atoms with Crippen LogP contribution in [0, 0.1) is 9.39 Å². The summed E-state index contributed by atoms with van der Waals surface area (Å²) in [5.74, 6) is -1.22. The zero-order valence-electron chi connectivity index (χ0n) is 19.2. The molecule has 1 saturated carbocycles. The maximum atomic E-state index is 13.5. The molecule has 1 N–H and O–H groups in total. The van der Waals surface area contributed by atoms with Gasteiger partial charge in [-0.1, -0.05) is 25.0 Å². The maximum Gasteiger partial charge on any atom is 0.244 e. The van der Waals surface area contributed by atoms with Crippen LogP contribution in [0.5, 0.6) is 0 Å². The molecule has 3 rings (SSSR count). The van der Waals surface area contributed by atoms with Crippen molar-refractivity contribution in [2.24, 2.45) is 0 Å². The van der Waals surface area contributed by atoms with Crippen LogP contribution >= 0.6 is 22.6 Å². The summed E-state index contributed by atoms with van der Waals surface area (Å²) in [5.41, 5.74) is 0.997. The van der Waals surface area contributed by atoms with E-state index in [1.807, 2.05) is 0 Å². The van der Waals surface area contributed by atoms with Gasteiger partial charge < -0.3 is 10.2 Å². The Morgan fingerprint density at radius 3 is 2.24 bits per heavy atom. The normalized spacial score (nSPS) is 15.1. The third kappa shape index (κ3) is 7.14. The Morgan fingerprint density at radius 1 is 1.09 bits per heavy atom. The van der Waals surface area contributed by atoms with Gasteiger partial charge >= 0.3 is 0 Å². The fourth-order valence-corrected chi connectivity index (χ4v) is 5.19. The fourth-order valence-electron chi connectivity index (χ4n) is 3.98. The molecule has 7 nitrogen and oxygen atoms in total.